The Morgan fingerprint density at radius 1 is 1.00 bits per heavy atom. The van der Waals surface area contributed by atoms with Crippen molar-refractivity contribution in [2.24, 2.45) is 0 Å². The molecule has 0 aliphatic rings. The van der Waals surface area contributed by atoms with Crippen LogP contribution in [0.1, 0.15) is 15.9 Å². The zero-order valence-corrected chi connectivity index (χ0v) is 16.6. The maximum absolute atomic E-state index is 6.43. The van der Waals surface area contributed by atoms with E-state index in [0.29, 0.717) is 10.0 Å². The van der Waals surface area contributed by atoms with Crippen molar-refractivity contribution in [2.75, 3.05) is 0 Å². The molecule has 0 saturated heterocycles. The van der Waals surface area contributed by atoms with Crippen LogP contribution in [-0.4, -0.2) is 29.7 Å². The first-order valence-electron chi connectivity index (χ1n) is 7.25. The molecule has 1 heterocycles. The Morgan fingerprint density at radius 3 is 2.42 bits per heavy atom. The minimum atomic E-state index is 0.277. The Hall–Kier alpha value is -1.03. The number of rotatable bonds is 6. The van der Waals surface area contributed by atoms with Gasteiger partial charge in [0.2, 0.25) is 0 Å². The molecule has 3 rings (SSSR count). The van der Waals surface area contributed by atoms with E-state index in [1.807, 2.05) is 28.9 Å². The van der Waals surface area contributed by atoms with Gasteiger partial charge >= 0.3 is 163 Å². The van der Waals surface area contributed by atoms with Crippen LogP contribution in [-0.2, 0) is 11.9 Å². The number of aromatic nitrogens is 3. The Balaban J connectivity index is 1.80. The Morgan fingerprint density at radius 2 is 1.75 bits per heavy atom. The molecule has 124 valence electrons. The Labute approximate surface area is 162 Å². The molecule has 0 N–H and O–H groups in total. The van der Waals surface area contributed by atoms with E-state index in [1.54, 1.807) is 18.7 Å². The van der Waals surface area contributed by atoms with Crippen molar-refractivity contribution in [2.45, 2.75) is 16.7 Å². The van der Waals surface area contributed by atoms with Crippen molar-refractivity contribution in [1.82, 2.24) is 14.8 Å². The summed E-state index contributed by atoms with van der Waals surface area (Å²) in [5.74, 6) is 0. The molecule has 1 atom stereocenters. The van der Waals surface area contributed by atoms with Gasteiger partial charge in [0.05, 0.1) is 0 Å². The summed E-state index contributed by atoms with van der Waals surface area (Å²) in [6.45, 7) is 0.745. The van der Waals surface area contributed by atoms with Crippen LogP contribution in [0.2, 0.25) is 15.1 Å². The van der Waals surface area contributed by atoms with Crippen molar-refractivity contribution < 1.29 is 0 Å². The van der Waals surface area contributed by atoms with Crippen molar-refractivity contribution in [1.29, 1.82) is 0 Å². The van der Waals surface area contributed by atoms with E-state index in [2.05, 4.69) is 22.2 Å². The second kappa shape index (κ2) is 8.37. The second-order valence-electron chi connectivity index (χ2n) is 5.21. The van der Waals surface area contributed by atoms with Crippen LogP contribution >= 0.6 is 34.8 Å². The molecule has 0 radical (unpaired) electrons. The number of halogens is 3. The quantitative estimate of drug-likeness (QED) is 0.506. The number of hydrogen-bond acceptors (Lipinski definition) is 2. The zero-order valence-electron chi connectivity index (χ0n) is 12.6. The van der Waals surface area contributed by atoms with E-state index in [4.69, 9.17) is 34.8 Å². The number of hydrogen-bond donors (Lipinski definition) is 0. The van der Waals surface area contributed by atoms with Crippen molar-refractivity contribution in [3.63, 3.8) is 0 Å². The topological polar surface area (TPSA) is 30.7 Å². The van der Waals surface area contributed by atoms with Crippen molar-refractivity contribution in [3.05, 3.63) is 81.3 Å². The summed E-state index contributed by atoms with van der Waals surface area (Å²) in [4.78, 5) is 4.30. The summed E-state index contributed by atoms with van der Waals surface area (Å²) >= 11 is 18.7. The van der Waals surface area contributed by atoms with E-state index >= 15 is 0 Å². The molecular weight excluding hydrogens is 432 g/mol. The van der Waals surface area contributed by atoms with Crippen LogP contribution in [0.15, 0.2) is 55.1 Å². The summed E-state index contributed by atoms with van der Waals surface area (Å²) in [6, 6.07) is 13.7. The van der Waals surface area contributed by atoms with Crippen LogP contribution in [0.25, 0.3) is 0 Å². The monoisotopic (exact) mass is 445 g/mol. The average Bonchev–Trinajstić information content (AvgIpc) is 3.06. The van der Waals surface area contributed by atoms with Gasteiger partial charge in [-0.2, -0.15) is 0 Å². The van der Waals surface area contributed by atoms with Crippen molar-refractivity contribution in [3.8, 4) is 0 Å². The molecule has 0 fully saturated rings. The molecule has 3 nitrogen and oxygen atoms in total. The molecule has 3 aromatic rings. The van der Waals surface area contributed by atoms with Crippen LogP contribution in [0.5, 0.6) is 0 Å². The van der Waals surface area contributed by atoms with Crippen LogP contribution in [0.4, 0.5) is 0 Å². The molecule has 2 aromatic carbocycles. The summed E-state index contributed by atoms with van der Waals surface area (Å²) in [6.07, 6.45) is 3.28. The van der Waals surface area contributed by atoms with Gasteiger partial charge in [-0.3, -0.25) is 0 Å². The maximum atomic E-state index is 6.43. The first kappa shape index (κ1) is 17.8. The van der Waals surface area contributed by atoms with Crippen molar-refractivity contribution >= 4 is 49.8 Å². The molecule has 0 aliphatic carbocycles. The molecule has 24 heavy (non-hydrogen) atoms. The minimum absolute atomic E-state index is 0.277. The van der Waals surface area contributed by atoms with Gasteiger partial charge in [-0.1, -0.05) is 0 Å². The van der Waals surface area contributed by atoms with Crippen LogP contribution < -0.4 is 0 Å². The first-order valence-corrected chi connectivity index (χ1v) is 10.6. The summed E-state index contributed by atoms with van der Waals surface area (Å²) in [5.41, 5.74) is 2.37. The zero-order chi connectivity index (χ0) is 16.9. The summed E-state index contributed by atoms with van der Waals surface area (Å²) in [5, 5.41) is 7.31. The Bertz CT molecular complexity index is 791. The average molecular weight is 446 g/mol. The molecule has 7 heteroatoms. The molecule has 0 aliphatic heterocycles. The van der Waals surface area contributed by atoms with Gasteiger partial charge in [0.25, 0.3) is 0 Å². The van der Waals surface area contributed by atoms with Gasteiger partial charge in [0, 0.05) is 0 Å². The van der Waals surface area contributed by atoms with E-state index in [0.717, 1.165) is 22.5 Å². The summed E-state index contributed by atoms with van der Waals surface area (Å²) < 4.78 is 1.85. The predicted molar refractivity (Wildman–Crippen MR) is 100 cm³/mol. The fourth-order valence-electron chi connectivity index (χ4n) is 2.28. The van der Waals surface area contributed by atoms with Gasteiger partial charge in [0.15, 0.2) is 0 Å². The van der Waals surface area contributed by atoms with Gasteiger partial charge in [-0.15, -0.1) is 0 Å². The van der Waals surface area contributed by atoms with Gasteiger partial charge < -0.3 is 0 Å². The van der Waals surface area contributed by atoms with Crippen LogP contribution in [0.3, 0.4) is 0 Å². The third-order valence-corrected chi connectivity index (χ3v) is 7.05. The molecule has 0 amide bonds. The van der Waals surface area contributed by atoms with E-state index < -0.39 is 0 Å². The molecule has 0 bridgehead atoms. The third-order valence-electron chi connectivity index (χ3n) is 3.49. The third kappa shape index (κ3) is 4.75. The summed E-state index contributed by atoms with van der Waals surface area (Å²) in [7, 11) is 0. The molecule has 0 saturated carbocycles. The normalized spacial score (nSPS) is 12.3. The van der Waals surface area contributed by atoms with E-state index in [9.17, 15) is 0 Å². The molecule has 1 aromatic heterocycles. The molecule has 1 unspecified atom stereocenters. The fraction of sp³-hybridized carbons (Fsp3) is 0.176. The van der Waals surface area contributed by atoms with Gasteiger partial charge in [-0.05, 0) is 0 Å². The SMILES string of the molecule is Clc1ccc(C[Se]C(Cn2cncn2)c2ccc(Cl)cc2Cl)cc1. The standard InChI is InChI=1S/C17H14Cl3N3Se/c18-13-3-1-12(2-4-13)9-24-17(8-23-11-21-10-22-23)15-6-5-14(19)7-16(15)20/h1-7,10-11,17H,8-9H2. The fourth-order valence-corrected chi connectivity index (χ4v) is 5.67. The van der Waals surface area contributed by atoms with Crippen LogP contribution in [0, 0.1) is 0 Å². The second-order valence-corrected chi connectivity index (χ2v) is 8.99. The van der Waals surface area contributed by atoms with E-state index in [1.165, 1.54) is 5.56 Å². The number of benzene rings is 2. The first-order chi connectivity index (χ1) is 11.6. The number of nitrogens with zero attached hydrogens (tertiary/aromatic N) is 3. The Kier molecular flexibility index (Phi) is 6.20. The van der Waals surface area contributed by atoms with Gasteiger partial charge in [-0.25, -0.2) is 0 Å². The molecular formula is C17H14Cl3N3Se. The van der Waals surface area contributed by atoms with E-state index in [-0.39, 0.29) is 19.8 Å². The molecule has 0 spiro atoms. The van der Waals surface area contributed by atoms with Gasteiger partial charge in [0.1, 0.15) is 0 Å². The predicted octanol–water partition coefficient (Wildman–Crippen LogP) is 4.88.